The number of hydrogen-bond donors (Lipinski definition) is 2. The molecule has 3 aromatic rings. The van der Waals surface area contributed by atoms with Crippen LogP contribution in [-0.2, 0) is 6.54 Å². The lowest BCUT2D eigenvalue weighted by atomic mass is 9.97. The van der Waals surface area contributed by atoms with Crippen molar-refractivity contribution in [1.82, 2.24) is 19.9 Å². The van der Waals surface area contributed by atoms with Gasteiger partial charge in [-0.25, -0.2) is 5.43 Å². The molecule has 168 valence electrons. The minimum atomic E-state index is -0.468. The Morgan fingerprint density at radius 1 is 1.19 bits per heavy atom. The van der Waals surface area contributed by atoms with E-state index in [-0.39, 0.29) is 5.91 Å². The molecule has 0 bridgehead atoms. The number of para-hydroxylation sites is 1. The molecular weight excluding hydrogens is 402 g/mol. The quantitative estimate of drug-likeness (QED) is 0.442. The van der Waals surface area contributed by atoms with Gasteiger partial charge < -0.3 is 9.67 Å². The molecular formula is C25H31N5O2. The van der Waals surface area contributed by atoms with Crippen LogP contribution in [0, 0.1) is 0 Å². The highest BCUT2D eigenvalue weighted by Crippen LogP contribution is 2.24. The van der Waals surface area contributed by atoms with Crippen LogP contribution in [0.4, 0.5) is 0 Å². The maximum Gasteiger partial charge on any atom is 0.271 e. The Balaban J connectivity index is 1.47. The fourth-order valence-electron chi connectivity index (χ4n) is 4.62. The summed E-state index contributed by atoms with van der Waals surface area (Å²) in [6.45, 7) is 5.68. The number of pyridine rings is 1. The first-order chi connectivity index (χ1) is 15.5. The summed E-state index contributed by atoms with van der Waals surface area (Å²) < 4.78 is 2.07. The molecule has 1 fully saturated rings. The van der Waals surface area contributed by atoms with Gasteiger partial charge in [0.05, 0.1) is 12.3 Å². The SMILES string of the molecule is C[C@@H]1CCC[C@H](C)N1C[C@@H](O)Cn1cc(/C=N\NC(=O)c2ccncc2)c2ccccc21. The summed E-state index contributed by atoms with van der Waals surface area (Å²) in [5, 5.41) is 16.0. The highest BCUT2D eigenvalue weighted by molar-refractivity contribution is 6.00. The highest BCUT2D eigenvalue weighted by atomic mass is 16.3. The fraction of sp³-hybridized carbons (Fsp3) is 0.400. The molecule has 3 heterocycles. The van der Waals surface area contributed by atoms with E-state index >= 15 is 0 Å². The van der Waals surface area contributed by atoms with Gasteiger partial charge in [-0.05, 0) is 44.9 Å². The molecule has 1 aromatic carbocycles. The molecule has 7 nitrogen and oxygen atoms in total. The molecule has 32 heavy (non-hydrogen) atoms. The predicted molar refractivity (Wildman–Crippen MR) is 127 cm³/mol. The van der Waals surface area contributed by atoms with E-state index in [9.17, 15) is 9.90 Å². The van der Waals surface area contributed by atoms with Crippen LogP contribution in [0.25, 0.3) is 10.9 Å². The number of rotatable bonds is 7. The third kappa shape index (κ3) is 5.06. The van der Waals surface area contributed by atoms with E-state index in [0.29, 0.717) is 30.7 Å². The molecule has 1 aliphatic rings. The number of aliphatic hydroxyl groups is 1. The van der Waals surface area contributed by atoms with Crippen LogP contribution in [0.5, 0.6) is 0 Å². The van der Waals surface area contributed by atoms with Crippen LogP contribution in [0.15, 0.2) is 60.1 Å². The minimum Gasteiger partial charge on any atom is -0.390 e. The number of β-amino-alcohol motifs (C(OH)–C–C–N with tert-alkyl or cyclic N) is 1. The van der Waals surface area contributed by atoms with Gasteiger partial charge >= 0.3 is 0 Å². The maximum absolute atomic E-state index is 12.2. The largest absolute Gasteiger partial charge is 0.390 e. The first kappa shape index (κ1) is 22.2. The van der Waals surface area contributed by atoms with Crippen LogP contribution in [0.3, 0.4) is 0 Å². The van der Waals surface area contributed by atoms with Gasteiger partial charge in [0.1, 0.15) is 0 Å². The number of hydrazone groups is 1. The Hall–Kier alpha value is -3.03. The number of likely N-dealkylation sites (tertiary alicyclic amines) is 1. The summed E-state index contributed by atoms with van der Waals surface area (Å²) in [4.78, 5) is 18.5. The van der Waals surface area contributed by atoms with Gasteiger partial charge in [-0.2, -0.15) is 5.10 Å². The van der Waals surface area contributed by atoms with Crippen molar-refractivity contribution < 1.29 is 9.90 Å². The van der Waals surface area contributed by atoms with Gasteiger partial charge in [0.25, 0.3) is 5.91 Å². The van der Waals surface area contributed by atoms with Crippen LogP contribution in [0.1, 0.15) is 49.0 Å². The number of hydrogen-bond acceptors (Lipinski definition) is 5. The Bertz CT molecular complexity index is 1070. The van der Waals surface area contributed by atoms with E-state index in [0.717, 1.165) is 16.5 Å². The van der Waals surface area contributed by atoms with E-state index < -0.39 is 6.10 Å². The van der Waals surface area contributed by atoms with Crippen molar-refractivity contribution in [2.24, 2.45) is 5.10 Å². The molecule has 1 saturated heterocycles. The van der Waals surface area contributed by atoms with Crippen molar-refractivity contribution in [3.05, 3.63) is 66.1 Å². The van der Waals surface area contributed by atoms with Crippen molar-refractivity contribution in [1.29, 1.82) is 0 Å². The van der Waals surface area contributed by atoms with Crippen molar-refractivity contribution in [3.63, 3.8) is 0 Å². The zero-order valence-electron chi connectivity index (χ0n) is 18.7. The van der Waals surface area contributed by atoms with E-state index in [1.54, 1.807) is 30.7 Å². The number of aromatic nitrogens is 2. The third-order valence-electron chi connectivity index (χ3n) is 6.34. The molecule has 0 aliphatic carbocycles. The molecule has 1 amide bonds. The van der Waals surface area contributed by atoms with Crippen LogP contribution >= 0.6 is 0 Å². The molecule has 0 radical (unpaired) electrons. The van der Waals surface area contributed by atoms with Crippen molar-refractivity contribution in [3.8, 4) is 0 Å². The smallest absolute Gasteiger partial charge is 0.271 e. The summed E-state index contributed by atoms with van der Waals surface area (Å²) in [5.74, 6) is -0.285. The lowest BCUT2D eigenvalue weighted by Crippen LogP contribution is -2.47. The number of piperidine rings is 1. The van der Waals surface area contributed by atoms with E-state index in [1.165, 1.54) is 19.3 Å². The standard InChI is InChI=1S/C25H31N5O2/c1-18-6-5-7-19(2)30(18)17-22(31)16-29-15-21(23-8-3-4-9-24(23)29)14-27-28-25(32)20-10-12-26-13-11-20/h3-4,8-15,18-19,22,31H,5-7,16-17H2,1-2H3,(H,28,32)/b27-14-/t18-,19+,22-/m0/s1. The summed E-state index contributed by atoms with van der Waals surface area (Å²) in [6.07, 6.45) is 9.96. The Morgan fingerprint density at radius 2 is 1.91 bits per heavy atom. The lowest BCUT2D eigenvalue weighted by molar-refractivity contribution is 0.0352. The van der Waals surface area contributed by atoms with Crippen molar-refractivity contribution in [2.45, 2.75) is 57.8 Å². The second-order valence-electron chi connectivity index (χ2n) is 8.67. The molecule has 3 atom stereocenters. The first-order valence-electron chi connectivity index (χ1n) is 11.3. The Labute approximate surface area is 188 Å². The Morgan fingerprint density at radius 3 is 2.66 bits per heavy atom. The van der Waals surface area contributed by atoms with E-state index in [2.05, 4.69) is 38.8 Å². The Kier molecular flexibility index (Phi) is 6.97. The molecule has 0 saturated carbocycles. The normalized spacial score (nSPS) is 20.6. The van der Waals surface area contributed by atoms with Crippen molar-refractivity contribution in [2.75, 3.05) is 6.54 Å². The summed E-state index contributed by atoms with van der Waals surface area (Å²) >= 11 is 0. The van der Waals surface area contributed by atoms with Gasteiger partial charge in [0, 0.05) is 65.8 Å². The average molecular weight is 434 g/mol. The van der Waals surface area contributed by atoms with Crippen molar-refractivity contribution >= 4 is 23.0 Å². The number of fused-ring (bicyclic) bond motifs is 1. The number of carbonyl (C=O) groups is 1. The maximum atomic E-state index is 12.2. The third-order valence-corrected chi connectivity index (χ3v) is 6.34. The fourth-order valence-corrected chi connectivity index (χ4v) is 4.62. The number of benzene rings is 1. The van der Waals surface area contributed by atoms with Gasteiger partial charge in [0.15, 0.2) is 0 Å². The topological polar surface area (TPSA) is 82.8 Å². The number of carbonyl (C=O) groups excluding carboxylic acids is 1. The molecule has 2 aromatic heterocycles. The summed E-state index contributed by atoms with van der Waals surface area (Å²) in [5.41, 5.74) is 4.99. The minimum absolute atomic E-state index is 0.285. The molecule has 4 rings (SSSR count). The van der Waals surface area contributed by atoms with Crippen LogP contribution in [-0.4, -0.2) is 56.4 Å². The van der Waals surface area contributed by atoms with Gasteiger partial charge in [-0.3, -0.25) is 14.7 Å². The molecule has 0 unspecified atom stereocenters. The summed E-state index contributed by atoms with van der Waals surface area (Å²) in [6, 6.07) is 12.3. The average Bonchev–Trinajstić information content (AvgIpc) is 3.14. The van der Waals surface area contributed by atoms with Gasteiger partial charge in [0.2, 0.25) is 0 Å². The second-order valence-corrected chi connectivity index (χ2v) is 8.67. The van der Waals surface area contributed by atoms with Gasteiger partial charge in [-0.15, -0.1) is 0 Å². The molecule has 1 aliphatic heterocycles. The van der Waals surface area contributed by atoms with E-state index in [1.807, 2.05) is 30.5 Å². The number of aliphatic hydroxyl groups excluding tert-OH is 1. The summed E-state index contributed by atoms with van der Waals surface area (Å²) in [7, 11) is 0. The molecule has 0 spiro atoms. The zero-order chi connectivity index (χ0) is 22.5. The number of amides is 1. The van der Waals surface area contributed by atoms with Gasteiger partial charge in [-0.1, -0.05) is 24.6 Å². The molecule has 2 N–H and O–H groups in total. The van der Waals surface area contributed by atoms with Crippen LogP contribution in [0.2, 0.25) is 0 Å². The zero-order valence-corrected chi connectivity index (χ0v) is 18.7. The predicted octanol–water partition coefficient (Wildman–Crippen LogP) is 3.42. The lowest BCUT2D eigenvalue weighted by Gasteiger charge is -2.40. The van der Waals surface area contributed by atoms with Crippen LogP contribution < -0.4 is 5.43 Å². The molecule has 7 heteroatoms. The number of nitrogens with one attached hydrogen (secondary N) is 1. The number of nitrogens with zero attached hydrogens (tertiary/aromatic N) is 4. The highest BCUT2D eigenvalue weighted by Gasteiger charge is 2.26. The monoisotopic (exact) mass is 433 g/mol. The first-order valence-corrected chi connectivity index (χ1v) is 11.3. The second kappa shape index (κ2) is 10.1. The van der Waals surface area contributed by atoms with E-state index in [4.69, 9.17) is 0 Å².